The van der Waals surface area contributed by atoms with Crippen LogP contribution < -0.4 is 5.73 Å². The van der Waals surface area contributed by atoms with Gasteiger partial charge in [0.15, 0.2) is 0 Å². The smallest absolute Gasteiger partial charge is 0.124 e. The van der Waals surface area contributed by atoms with Crippen LogP contribution in [0, 0.1) is 3.57 Å². The molecule has 0 saturated heterocycles. The molecule has 3 heteroatoms. The number of pyridine rings is 1. The van der Waals surface area contributed by atoms with Gasteiger partial charge >= 0.3 is 0 Å². The van der Waals surface area contributed by atoms with Crippen LogP contribution in [0.3, 0.4) is 0 Å². The highest BCUT2D eigenvalue weighted by Gasteiger charge is 2.03. The molecule has 0 radical (unpaired) electrons. The van der Waals surface area contributed by atoms with E-state index in [1.165, 1.54) is 0 Å². The van der Waals surface area contributed by atoms with E-state index in [4.69, 9.17) is 5.73 Å². The molecule has 0 fully saturated rings. The molecule has 14 heavy (non-hydrogen) atoms. The molecule has 2 rings (SSSR count). The fraction of sp³-hybridized carbons (Fsp3) is 0. The highest BCUT2D eigenvalue weighted by atomic mass is 127. The molecule has 0 aliphatic rings. The van der Waals surface area contributed by atoms with Crippen molar-refractivity contribution in [2.75, 3.05) is 5.73 Å². The van der Waals surface area contributed by atoms with Crippen molar-refractivity contribution in [2.24, 2.45) is 0 Å². The van der Waals surface area contributed by atoms with Crippen molar-refractivity contribution in [3.05, 3.63) is 46.0 Å². The number of nitrogen functional groups attached to an aromatic ring is 1. The second kappa shape index (κ2) is 3.96. The quantitative estimate of drug-likeness (QED) is 0.822. The summed E-state index contributed by atoms with van der Waals surface area (Å²) in [6, 6.07) is 13.8. The lowest BCUT2D eigenvalue weighted by molar-refractivity contribution is 1.31. The maximum atomic E-state index is 5.65. The van der Waals surface area contributed by atoms with Crippen LogP contribution in [0.15, 0.2) is 42.5 Å². The van der Waals surface area contributed by atoms with Crippen LogP contribution in [0.2, 0.25) is 0 Å². The molecule has 0 aliphatic carbocycles. The first-order valence-electron chi connectivity index (χ1n) is 4.25. The van der Waals surface area contributed by atoms with Crippen LogP contribution in [0.4, 0.5) is 5.82 Å². The normalized spacial score (nSPS) is 10.1. The Labute approximate surface area is 96.3 Å². The Morgan fingerprint density at radius 2 is 1.71 bits per heavy atom. The molecule has 0 spiro atoms. The third-order valence-electron chi connectivity index (χ3n) is 1.91. The SMILES string of the molecule is Nc1ccc(I)c(-c2ccccc2)n1. The molecular weight excluding hydrogens is 287 g/mol. The lowest BCUT2D eigenvalue weighted by Gasteiger charge is -2.04. The van der Waals surface area contributed by atoms with Crippen molar-refractivity contribution in [1.82, 2.24) is 4.98 Å². The van der Waals surface area contributed by atoms with Crippen molar-refractivity contribution in [3.8, 4) is 11.3 Å². The largest absolute Gasteiger partial charge is 0.384 e. The van der Waals surface area contributed by atoms with Gasteiger partial charge < -0.3 is 5.73 Å². The minimum absolute atomic E-state index is 0.560. The van der Waals surface area contributed by atoms with E-state index in [0.717, 1.165) is 14.8 Å². The first kappa shape index (κ1) is 9.45. The average molecular weight is 296 g/mol. The van der Waals surface area contributed by atoms with Gasteiger partial charge in [0.25, 0.3) is 0 Å². The molecular formula is C11H9IN2. The molecule has 0 bridgehead atoms. The predicted molar refractivity (Wildman–Crippen MR) is 66.8 cm³/mol. The fourth-order valence-electron chi connectivity index (χ4n) is 1.26. The van der Waals surface area contributed by atoms with Gasteiger partial charge in [0, 0.05) is 9.13 Å². The topological polar surface area (TPSA) is 38.9 Å². The third-order valence-corrected chi connectivity index (χ3v) is 2.79. The Hall–Kier alpha value is -1.10. The van der Waals surface area contributed by atoms with E-state index in [1.54, 1.807) is 0 Å². The molecule has 0 atom stereocenters. The standard InChI is InChI=1S/C11H9IN2/c12-9-6-7-10(13)14-11(9)8-4-2-1-3-5-8/h1-7H,(H2,13,14). The molecule has 2 nitrogen and oxygen atoms in total. The van der Waals surface area contributed by atoms with Gasteiger partial charge in [-0.25, -0.2) is 4.98 Å². The van der Waals surface area contributed by atoms with Crippen molar-refractivity contribution >= 4 is 28.4 Å². The number of nitrogens with zero attached hydrogens (tertiary/aromatic N) is 1. The zero-order chi connectivity index (χ0) is 9.97. The first-order valence-corrected chi connectivity index (χ1v) is 5.32. The van der Waals surface area contributed by atoms with Crippen LogP contribution in [0.5, 0.6) is 0 Å². The Morgan fingerprint density at radius 3 is 2.43 bits per heavy atom. The Morgan fingerprint density at radius 1 is 1.00 bits per heavy atom. The summed E-state index contributed by atoms with van der Waals surface area (Å²) in [5.41, 5.74) is 7.70. The monoisotopic (exact) mass is 296 g/mol. The molecule has 70 valence electrons. The lowest BCUT2D eigenvalue weighted by atomic mass is 10.1. The molecule has 2 N–H and O–H groups in total. The molecule has 2 aromatic rings. The van der Waals surface area contributed by atoms with Crippen molar-refractivity contribution in [2.45, 2.75) is 0 Å². The van der Waals surface area contributed by atoms with Crippen molar-refractivity contribution in [3.63, 3.8) is 0 Å². The van der Waals surface area contributed by atoms with E-state index in [2.05, 4.69) is 27.6 Å². The van der Waals surface area contributed by atoms with Gasteiger partial charge in [-0.1, -0.05) is 30.3 Å². The molecule has 0 unspecified atom stereocenters. The first-order chi connectivity index (χ1) is 6.77. The van der Waals surface area contributed by atoms with E-state index in [0.29, 0.717) is 5.82 Å². The highest BCUT2D eigenvalue weighted by Crippen LogP contribution is 2.23. The van der Waals surface area contributed by atoms with Gasteiger partial charge in [-0.05, 0) is 34.7 Å². The highest BCUT2D eigenvalue weighted by molar-refractivity contribution is 14.1. The molecule has 0 amide bonds. The van der Waals surface area contributed by atoms with Gasteiger partial charge in [0.2, 0.25) is 0 Å². The minimum atomic E-state index is 0.560. The van der Waals surface area contributed by atoms with Gasteiger partial charge in [-0.15, -0.1) is 0 Å². The summed E-state index contributed by atoms with van der Waals surface area (Å²) >= 11 is 2.26. The Kier molecular flexibility index (Phi) is 2.67. The van der Waals surface area contributed by atoms with Crippen LogP contribution in [-0.2, 0) is 0 Å². The molecule has 1 aromatic carbocycles. The number of hydrogen-bond acceptors (Lipinski definition) is 2. The van der Waals surface area contributed by atoms with Gasteiger partial charge in [0.05, 0.1) is 5.69 Å². The zero-order valence-corrected chi connectivity index (χ0v) is 9.60. The average Bonchev–Trinajstić information content (AvgIpc) is 2.23. The number of benzene rings is 1. The maximum Gasteiger partial charge on any atom is 0.124 e. The second-order valence-electron chi connectivity index (χ2n) is 2.93. The Bertz CT molecular complexity index is 440. The number of nitrogens with two attached hydrogens (primary N) is 1. The van der Waals surface area contributed by atoms with Crippen LogP contribution in [0.1, 0.15) is 0 Å². The number of anilines is 1. The lowest BCUT2D eigenvalue weighted by Crippen LogP contribution is -1.94. The number of aromatic nitrogens is 1. The van der Waals surface area contributed by atoms with Gasteiger partial charge in [-0.2, -0.15) is 0 Å². The van der Waals surface area contributed by atoms with Crippen LogP contribution in [-0.4, -0.2) is 4.98 Å². The predicted octanol–water partition coefficient (Wildman–Crippen LogP) is 2.94. The fourth-order valence-corrected chi connectivity index (χ4v) is 1.87. The summed E-state index contributed by atoms with van der Waals surface area (Å²) in [5, 5.41) is 0. The summed E-state index contributed by atoms with van der Waals surface area (Å²) < 4.78 is 1.11. The van der Waals surface area contributed by atoms with Crippen molar-refractivity contribution < 1.29 is 0 Å². The zero-order valence-electron chi connectivity index (χ0n) is 7.44. The third kappa shape index (κ3) is 1.87. The number of hydrogen-bond donors (Lipinski definition) is 1. The molecule has 0 saturated carbocycles. The summed E-state index contributed by atoms with van der Waals surface area (Å²) in [6.07, 6.45) is 0. The van der Waals surface area contributed by atoms with E-state index >= 15 is 0 Å². The summed E-state index contributed by atoms with van der Waals surface area (Å²) in [4.78, 5) is 4.31. The number of rotatable bonds is 1. The maximum absolute atomic E-state index is 5.65. The Balaban J connectivity index is 2.57. The van der Waals surface area contributed by atoms with E-state index < -0.39 is 0 Å². The second-order valence-corrected chi connectivity index (χ2v) is 4.09. The van der Waals surface area contributed by atoms with Crippen LogP contribution >= 0.6 is 22.6 Å². The van der Waals surface area contributed by atoms with Gasteiger partial charge in [0.1, 0.15) is 5.82 Å². The van der Waals surface area contributed by atoms with E-state index in [-0.39, 0.29) is 0 Å². The summed E-state index contributed by atoms with van der Waals surface area (Å²) in [6.45, 7) is 0. The minimum Gasteiger partial charge on any atom is -0.384 e. The molecule has 1 aromatic heterocycles. The number of halogens is 1. The molecule has 0 aliphatic heterocycles. The summed E-state index contributed by atoms with van der Waals surface area (Å²) in [5.74, 6) is 0.560. The van der Waals surface area contributed by atoms with Gasteiger partial charge in [-0.3, -0.25) is 0 Å². The molecule has 1 heterocycles. The summed E-state index contributed by atoms with van der Waals surface area (Å²) in [7, 11) is 0. The van der Waals surface area contributed by atoms with E-state index in [1.807, 2.05) is 42.5 Å². The van der Waals surface area contributed by atoms with Crippen molar-refractivity contribution in [1.29, 1.82) is 0 Å². The van der Waals surface area contributed by atoms with Crippen LogP contribution in [0.25, 0.3) is 11.3 Å². The van der Waals surface area contributed by atoms with E-state index in [9.17, 15) is 0 Å².